The van der Waals surface area contributed by atoms with Crippen molar-refractivity contribution in [2.24, 2.45) is 5.92 Å². The number of sulfonamides is 1. The van der Waals surface area contributed by atoms with E-state index in [1.54, 1.807) is 7.11 Å². The van der Waals surface area contributed by atoms with Crippen molar-refractivity contribution >= 4 is 26.6 Å². The summed E-state index contributed by atoms with van der Waals surface area (Å²) in [7, 11) is -1.77. The maximum absolute atomic E-state index is 13.1. The van der Waals surface area contributed by atoms with Gasteiger partial charge in [0, 0.05) is 18.5 Å². The van der Waals surface area contributed by atoms with Crippen molar-refractivity contribution in [1.82, 2.24) is 14.9 Å². The summed E-state index contributed by atoms with van der Waals surface area (Å²) in [5, 5.41) is 3.96. The molecule has 1 aliphatic carbocycles. The number of H-pyrrole nitrogens is 1. The lowest BCUT2D eigenvalue weighted by Crippen LogP contribution is -2.38. The Morgan fingerprint density at radius 1 is 1.21 bits per heavy atom. The SMILES string of the molecule is COc1cccc2c1CC[C@H]1CNC(CCn3c(=O)[nH]c4cc(NS(C)(=O)=O)ccc4c3=O)[C@@H]21. The van der Waals surface area contributed by atoms with E-state index in [9.17, 15) is 18.0 Å². The van der Waals surface area contributed by atoms with Crippen molar-refractivity contribution in [2.45, 2.75) is 37.8 Å². The molecule has 0 amide bonds. The van der Waals surface area contributed by atoms with E-state index in [0.29, 0.717) is 29.2 Å². The first-order chi connectivity index (χ1) is 16.2. The molecule has 2 aliphatic rings. The Morgan fingerprint density at radius 2 is 2.03 bits per heavy atom. The summed E-state index contributed by atoms with van der Waals surface area (Å²) in [6.45, 7) is 1.21. The van der Waals surface area contributed by atoms with E-state index in [-0.39, 0.29) is 23.8 Å². The molecule has 0 bridgehead atoms. The second-order valence-corrected chi connectivity index (χ2v) is 10.9. The molecule has 9 nitrogen and oxygen atoms in total. The second kappa shape index (κ2) is 8.59. The van der Waals surface area contributed by atoms with Gasteiger partial charge in [-0.1, -0.05) is 12.1 Å². The third-order valence-electron chi connectivity index (χ3n) is 7.05. The zero-order valence-electron chi connectivity index (χ0n) is 19.1. The van der Waals surface area contributed by atoms with Crippen molar-refractivity contribution in [3.8, 4) is 5.75 Å². The number of anilines is 1. The first-order valence-electron chi connectivity index (χ1n) is 11.4. The van der Waals surface area contributed by atoms with Crippen LogP contribution in [-0.2, 0) is 23.0 Å². The first-order valence-corrected chi connectivity index (χ1v) is 13.3. The van der Waals surface area contributed by atoms with Gasteiger partial charge in [0.2, 0.25) is 10.0 Å². The Morgan fingerprint density at radius 3 is 2.79 bits per heavy atom. The molecule has 1 aliphatic heterocycles. The number of methoxy groups -OCH3 is 1. The molecule has 34 heavy (non-hydrogen) atoms. The lowest BCUT2D eigenvalue weighted by molar-refractivity contribution is 0.371. The molecular weight excluding hydrogens is 456 g/mol. The number of ether oxygens (including phenoxy) is 1. The van der Waals surface area contributed by atoms with Gasteiger partial charge in [0.1, 0.15) is 5.75 Å². The van der Waals surface area contributed by atoms with Gasteiger partial charge in [-0.15, -0.1) is 0 Å². The third kappa shape index (κ3) is 4.12. The molecule has 0 radical (unpaired) electrons. The molecule has 1 aromatic heterocycles. The zero-order chi connectivity index (χ0) is 24.0. The number of hydrogen-bond donors (Lipinski definition) is 3. The van der Waals surface area contributed by atoms with Gasteiger partial charge in [0.25, 0.3) is 5.56 Å². The molecule has 0 spiro atoms. The van der Waals surface area contributed by atoms with Gasteiger partial charge in [-0.25, -0.2) is 13.2 Å². The summed E-state index contributed by atoms with van der Waals surface area (Å²) in [6, 6.07) is 10.9. The lowest BCUT2D eigenvalue weighted by atomic mass is 9.73. The number of rotatable bonds is 6. The van der Waals surface area contributed by atoms with E-state index in [1.807, 2.05) is 12.1 Å². The van der Waals surface area contributed by atoms with Crippen molar-refractivity contribution in [3.63, 3.8) is 0 Å². The molecule has 1 unspecified atom stereocenters. The van der Waals surface area contributed by atoms with E-state index in [2.05, 4.69) is 21.1 Å². The van der Waals surface area contributed by atoms with Crippen LogP contribution in [0.3, 0.4) is 0 Å². The molecule has 5 rings (SSSR count). The van der Waals surface area contributed by atoms with Crippen LogP contribution in [0.25, 0.3) is 10.9 Å². The molecule has 3 aromatic rings. The minimum atomic E-state index is -3.47. The van der Waals surface area contributed by atoms with Crippen LogP contribution in [-0.4, -0.2) is 43.9 Å². The highest BCUT2D eigenvalue weighted by Crippen LogP contribution is 2.45. The normalized spacial score (nSPS) is 21.8. The van der Waals surface area contributed by atoms with Crippen LogP contribution in [0.15, 0.2) is 46.0 Å². The monoisotopic (exact) mass is 484 g/mol. The summed E-state index contributed by atoms with van der Waals surface area (Å²) >= 11 is 0. The second-order valence-electron chi connectivity index (χ2n) is 9.18. The molecule has 1 saturated heterocycles. The lowest BCUT2D eigenvalue weighted by Gasteiger charge is -2.32. The van der Waals surface area contributed by atoms with Crippen LogP contribution in [0.1, 0.15) is 29.9 Å². The van der Waals surface area contributed by atoms with E-state index >= 15 is 0 Å². The Balaban J connectivity index is 1.41. The number of aromatic nitrogens is 2. The van der Waals surface area contributed by atoms with Crippen LogP contribution in [0.5, 0.6) is 5.75 Å². The van der Waals surface area contributed by atoms with Crippen molar-refractivity contribution in [1.29, 1.82) is 0 Å². The van der Waals surface area contributed by atoms with Gasteiger partial charge in [-0.2, -0.15) is 0 Å². The van der Waals surface area contributed by atoms with Crippen LogP contribution in [0, 0.1) is 5.92 Å². The fraction of sp³-hybridized carbons (Fsp3) is 0.417. The number of nitrogens with one attached hydrogen (secondary N) is 3. The molecule has 2 heterocycles. The van der Waals surface area contributed by atoms with Crippen molar-refractivity contribution in [3.05, 3.63) is 68.4 Å². The van der Waals surface area contributed by atoms with Crippen molar-refractivity contribution < 1.29 is 13.2 Å². The fourth-order valence-corrected chi connectivity index (χ4v) is 6.16. The van der Waals surface area contributed by atoms with Gasteiger partial charge in [0.05, 0.1) is 30.0 Å². The Kier molecular flexibility index (Phi) is 5.73. The van der Waals surface area contributed by atoms with Gasteiger partial charge < -0.3 is 15.0 Å². The number of aromatic amines is 1. The van der Waals surface area contributed by atoms with Crippen LogP contribution in [0.2, 0.25) is 0 Å². The van der Waals surface area contributed by atoms with Crippen molar-refractivity contribution in [2.75, 3.05) is 24.6 Å². The summed E-state index contributed by atoms with van der Waals surface area (Å²) in [6.07, 6.45) is 3.76. The summed E-state index contributed by atoms with van der Waals surface area (Å²) in [5.41, 5.74) is 2.26. The van der Waals surface area contributed by atoms with Crippen LogP contribution < -0.4 is 26.0 Å². The number of fused-ring (bicyclic) bond motifs is 4. The minimum absolute atomic E-state index is 0.152. The molecule has 3 N–H and O–H groups in total. The summed E-state index contributed by atoms with van der Waals surface area (Å²) < 4.78 is 32.1. The first kappa shape index (κ1) is 22.7. The Labute approximate surface area is 197 Å². The predicted octanol–water partition coefficient (Wildman–Crippen LogP) is 1.78. The van der Waals surface area contributed by atoms with Crippen LogP contribution in [0.4, 0.5) is 5.69 Å². The maximum atomic E-state index is 13.1. The summed E-state index contributed by atoms with van der Waals surface area (Å²) in [4.78, 5) is 28.6. The largest absolute Gasteiger partial charge is 0.496 e. The van der Waals surface area contributed by atoms with E-state index in [4.69, 9.17) is 4.74 Å². The van der Waals surface area contributed by atoms with Crippen LogP contribution >= 0.6 is 0 Å². The Bertz CT molecular complexity index is 1480. The fourth-order valence-electron chi connectivity index (χ4n) is 5.61. The van der Waals surface area contributed by atoms with E-state index in [1.165, 1.54) is 33.9 Å². The molecule has 0 saturated carbocycles. The smallest absolute Gasteiger partial charge is 0.328 e. The average Bonchev–Trinajstić information content (AvgIpc) is 3.20. The molecule has 2 aromatic carbocycles. The molecule has 10 heteroatoms. The zero-order valence-corrected chi connectivity index (χ0v) is 19.9. The molecule has 1 fully saturated rings. The average molecular weight is 485 g/mol. The maximum Gasteiger partial charge on any atom is 0.328 e. The third-order valence-corrected chi connectivity index (χ3v) is 7.65. The highest BCUT2D eigenvalue weighted by Gasteiger charge is 2.40. The Hall–Kier alpha value is -3.11. The highest BCUT2D eigenvalue weighted by atomic mass is 32.2. The predicted molar refractivity (Wildman–Crippen MR) is 131 cm³/mol. The topological polar surface area (TPSA) is 122 Å². The molecule has 3 atom stereocenters. The van der Waals surface area contributed by atoms with Gasteiger partial charge >= 0.3 is 5.69 Å². The number of benzene rings is 2. The standard InChI is InChI=1S/C24H28N4O5S/c1-33-21-5-3-4-17-16(21)8-6-14-13-25-19(22(14)17)10-11-28-23(29)18-9-7-15(27-34(2,31)32)12-20(18)26-24(28)30/h3-5,7,9,12,14,19,22,25,27H,6,8,10-11,13H2,1-2H3,(H,26,30)/t14-,19?,22+/m0/s1. The minimum Gasteiger partial charge on any atom is -0.496 e. The number of nitrogens with zero attached hydrogens (tertiary/aromatic N) is 1. The molecular formula is C24H28N4O5S. The van der Waals surface area contributed by atoms with Gasteiger partial charge in [-0.05, 0) is 67.1 Å². The van der Waals surface area contributed by atoms with E-state index < -0.39 is 15.7 Å². The molecule has 180 valence electrons. The quantitative estimate of drug-likeness (QED) is 0.490. The van der Waals surface area contributed by atoms with Gasteiger partial charge in [-0.3, -0.25) is 14.1 Å². The summed E-state index contributed by atoms with van der Waals surface area (Å²) in [5.74, 6) is 1.77. The van der Waals surface area contributed by atoms with E-state index in [0.717, 1.165) is 31.4 Å². The number of hydrogen-bond acceptors (Lipinski definition) is 6. The van der Waals surface area contributed by atoms with Gasteiger partial charge in [0.15, 0.2) is 0 Å². The highest BCUT2D eigenvalue weighted by molar-refractivity contribution is 7.92.